The van der Waals surface area contributed by atoms with Crippen LogP contribution in [0.4, 0.5) is 0 Å². The molecule has 1 amide bonds. The predicted octanol–water partition coefficient (Wildman–Crippen LogP) is 2.20. The highest BCUT2D eigenvalue weighted by Crippen LogP contribution is 2.27. The number of methoxy groups -OCH3 is 2. The van der Waals surface area contributed by atoms with Gasteiger partial charge in [-0.25, -0.2) is 0 Å². The molecule has 0 aliphatic rings. The second kappa shape index (κ2) is 8.57. The number of carbonyl (C=O) groups excluding carboxylic acids is 1. The summed E-state index contributed by atoms with van der Waals surface area (Å²) in [5.74, 6) is 1.63. The lowest BCUT2D eigenvalue weighted by Crippen LogP contribution is -2.27. The number of carbonyl (C=O) groups is 1. The number of pyridine rings is 1. The lowest BCUT2D eigenvalue weighted by Gasteiger charge is -2.10. The molecular weight excluding hydrogens is 352 g/mol. The number of hydrogen-bond acceptors (Lipinski definition) is 6. The van der Waals surface area contributed by atoms with Crippen LogP contribution >= 0.6 is 11.8 Å². The first-order chi connectivity index (χ1) is 12.7. The summed E-state index contributed by atoms with van der Waals surface area (Å²) < 4.78 is 12.4. The van der Waals surface area contributed by atoms with E-state index < -0.39 is 0 Å². The van der Waals surface area contributed by atoms with Crippen molar-refractivity contribution in [1.29, 1.82) is 0 Å². The van der Waals surface area contributed by atoms with Gasteiger partial charge in [-0.3, -0.25) is 9.20 Å². The minimum atomic E-state index is -0.0387. The van der Waals surface area contributed by atoms with Crippen molar-refractivity contribution < 1.29 is 14.3 Å². The van der Waals surface area contributed by atoms with Gasteiger partial charge in [-0.1, -0.05) is 23.9 Å². The molecule has 7 nitrogen and oxygen atoms in total. The van der Waals surface area contributed by atoms with Gasteiger partial charge in [-0.15, -0.1) is 10.2 Å². The summed E-state index contributed by atoms with van der Waals surface area (Å²) in [4.78, 5) is 12.1. The van der Waals surface area contributed by atoms with Crippen molar-refractivity contribution in [3.8, 4) is 11.5 Å². The summed E-state index contributed by atoms with van der Waals surface area (Å²) in [5.41, 5.74) is 1.84. The molecule has 1 aromatic carbocycles. The average molecular weight is 372 g/mol. The number of fused-ring (bicyclic) bond motifs is 1. The van der Waals surface area contributed by atoms with Crippen molar-refractivity contribution in [2.45, 2.75) is 11.6 Å². The third-order valence-electron chi connectivity index (χ3n) is 3.80. The first-order valence-corrected chi connectivity index (χ1v) is 9.10. The zero-order valence-corrected chi connectivity index (χ0v) is 15.5. The first-order valence-electron chi connectivity index (χ1n) is 8.11. The molecule has 2 heterocycles. The van der Waals surface area contributed by atoms with Gasteiger partial charge in [0, 0.05) is 12.7 Å². The number of aromatic nitrogens is 3. The van der Waals surface area contributed by atoms with Crippen LogP contribution in [0.25, 0.3) is 5.65 Å². The molecule has 0 atom stereocenters. The van der Waals surface area contributed by atoms with Gasteiger partial charge in [0.25, 0.3) is 0 Å². The zero-order valence-electron chi connectivity index (χ0n) is 14.6. The first kappa shape index (κ1) is 18.1. The Morgan fingerprint density at radius 1 is 1.15 bits per heavy atom. The van der Waals surface area contributed by atoms with Gasteiger partial charge in [0.05, 0.1) is 20.0 Å². The maximum Gasteiger partial charge on any atom is 0.230 e. The van der Waals surface area contributed by atoms with E-state index in [1.807, 2.05) is 47.0 Å². The smallest absolute Gasteiger partial charge is 0.230 e. The molecule has 0 aliphatic heterocycles. The van der Waals surface area contributed by atoms with Crippen LogP contribution in [0.2, 0.25) is 0 Å². The van der Waals surface area contributed by atoms with E-state index in [1.54, 1.807) is 14.2 Å². The number of rotatable bonds is 8. The van der Waals surface area contributed by atoms with E-state index in [0.29, 0.717) is 35.4 Å². The van der Waals surface area contributed by atoms with Crippen LogP contribution in [0.1, 0.15) is 5.56 Å². The molecule has 1 N–H and O–H groups in total. The summed E-state index contributed by atoms with van der Waals surface area (Å²) in [7, 11) is 3.21. The Kier molecular flexibility index (Phi) is 5.96. The van der Waals surface area contributed by atoms with Crippen molar-refractivity contribution >= 4 is 23.3 Å². The molecule has 0 saturated heterocycles. The molecular formula is C18H20N4O3S. The molecule has 26 heavy (non-hydrogen) atoms. The number of benzene rings is 1. The molecule has 0 saturated carbocycles. The maximum absolute atomic E-state index is 12.1. The van der Waals surface area contributed by atoms with Crippen LogP contribution in [0.3, 0.4) is 0 Å². The van der Waals surface area contributed by atoms with Gasteiger partial charge in [0.15, 0.2) is 22.3 Å². The molecule has 0 bridgehead atoms. The van der Waals surface area contributed by atoms with Crippen LogP contribution in [0.15, 0.2) is 47.8 Å². The highest BCUT2D eigenvalue weighted by molar-refractivity contribution is 7.99. The quantitative estimate of drug-likeness (QED) is 0.611. The van der Waals surface area contributed by atoms with Gasteiger partial charge in [-0.05, 0) is 36.2 Å². The molecule has 136 valence electrons. The summed E-state index contributed by atoms with van der Waals surface area (Å²) >= 11 is 1.36. The van der Waals surface area contributed by atoms with Crippen LogP contribution in [-0.2, 0) is 11.2 Å². The van der Waals surface area contributed by atoms with Gasteiger partial charge < -0.3 is 14.8 Å². The maximum atomic E-state index is 12.1. The van der Waals surface area contributed by atoms with E-state index in [9.17, 15) is 4.79 Å². The van der Waals surface area contributed by atoms with Gasteiger partial charge >= 0.3 is 0 Å². The minimum Gasteiger partial charge on any atom is -0.493 e. The summed E-state index contributed by atoms with van der Waals surface area (Å²) in [6.07, 6.45) is 2.59. The van der Waals surface area contributed by atoms with Crippen LogP contribution in [0.5, 0.6) is 11.5 Å². The van der Waals surface area contributed by atoms with Crippen molar-refractivity contribution in [3.63, 3.8) is 0 Å². The lowest BCUT2D eigenvalue weighted by molar-refractivity contribution is -0.118. The standard InChI is InChI=1S/C18H20N4O3S/c1-24-14-7-6-13(11-15(14)25-2)8-9-19-17(23)12-26-18-21-20-16-5-3-4-10-22(16)18/h3-7,10-11H,8-9,12H2,1-2H3,(H,19,23). The second-order valence-electron chi connectivity index (χ2n) is 5.49. The van der Waals surface area contributed by atoms with E-state index >= 15 is 0 Å². The largest absolute Gasteiger partial charge is 0.493 e. The van der Waals surface area contributed by atoms with E-state index in [1.165, 1.54) is 11.8 Å². The van der Waals surface area contributed by atoms with E-state index in [4.69, 9.17) is 9.47 Å². The predicted molar refractivity (Wildman–Crippen MR) is 100.0 cm³/mol. The zero-order chi connectivity index (χ0) is 18.4. The number of hydrogen-bond donors (Lipinski definition) is 1. The summed E-state index contributed by atoms with van der Waals surface area (Å²) in [6, 6.07) is 11.4. The van der Waals surface area contributed by atoms with Crippen molar-refractivity contribution in [2.75, 3.05) is 26.5 Å². The van der Waals surface area contributed by atoms with Crippen molar-refractivity contribution in [2.24, 2.45) is 0 Å². The Morgan fingerprint density at radius 2 is 2.00 bits per heavy atom. The van der Waals surface area contributed by atoms with Gasteiger partial charge in [0.2, 0.25) is 5.91 Å². The fourth-order valence-corrected chi connectivity index (χ4v) is 3.24. The Hall–Kier alpha value is -2.74. The van der Waals surface area contributed by atoms with Gasteiger partial charge in [0.1, 0.15) is 0 Å². The molecule has 8 heteroatoms. The number of nitrogens with one attached hydrogen (secondary N) is 1. The van der Waals surface area contributed by atoms with Crippen LogP contribution in [-0.4, -0.2) is 47.0 Å². The fourth-order valence-electron chi connectivity index (χ4n) is 2.48. The Labute approximate surface area is 155 Å². The molecule has 0 unspecified atom stereocenters. The Bertz CT molecular complexity index is 897. The Morgan fingerprint density at radius 3 is 2.81 bits per heavy atom. The fraction of sp³-hybridized carbons (Fsp3) is 0.278. The number of thioether (sulfide) groups is 1. The van der Waals surface area contributed by atoms with Crippen LogP contribution in [0, 0.1) is 0 Å². The molecule has 3 aromatic rings. The van der Waals surface area contributed by atoms with E-state index in [-0.39, 0.29) is 5.91 Å². The van der Waals surface area contributed by atoms with E-state index in [2.05, 4.69) is 15.5 Å². The average Bonchev–Trinajstić information content (AvgIpc) is 3.09. The molecule has 0 radical (unpaired) electrons. The lowest BCUT2D eigenvalue weighted by atomic mass is 10.1. The third kappa shape index (κ3) is 4.26. The minimum absolute atomic E-state index is 0.0387. The van der Waals surface area contributed by atoms with Crippen molar-refractivity contribution in [1.82, 2.24) is 19.9 Å². The molecule has 0 aliphatic carbocycles. The Balaban J connectivity index is 1.47. The van der Waals surface area contributed by atoms with Crippen molar-refractivity contribution in [3.05, 3.63) is 48.2 Å². The molecule has 0 spiro atoms. The molecule has 3 rings (SSSR count). The topological polar surface area (TPSA) is 77.8 Å². The van der Waals surface area contributed by atoms with Crippen LogP contribution < -0.4 is 14.8 Å². The number of amides is 1. The normalized spacial score (nSPS) is 10.7. The number of nitrogens with zero attached hydrogens (tertiary/aromatic N) is 3. The highest BCUT2D eigenvalue weighted by Gasteiger charge is 2.09. The van der Waals surface area contributed by atoms with Gasteiger partial charge in [-0.2, -0.15) is 0 Å². The number of ether oxygens (including phenoxy) is 2. The highest BCUT2D eigenvalue weighted by atomic mass is 32.2. The third-order valence-corrected chi connectivity index (χ3v) is 4.74. The molecule has 2 aromatic heterocycles. The summed E-state index contributed by atoms with van der Waals surface area (Å²) in [5, 5.41) is 11.8. The SMILES string of the molecule is COc1ccc(CCNC(=O)CSc2nnc3ccccn23)cc1OC. The molecule has 0 fully saturated rings. The second-order valence-corrected chi connectivity index (χ2v) is 6.43. The monoisotopic (exact) mass is 372 g/mol. The summed E-state index contributed by atoms with van der Waals surface area (Å²) in [6.45, 7) is 0.551. The van der Waals surface area contributed by atoms with E-state index in [0.717, 1.165) is 11.2 Å².